The molecule has 1 saturated heterocycles. The van der Waals surface area contributed by atoms with Crippen molar-refractivity contribution >= 4 is 5.91 Å². The average molecular weight is 175 g/mol. The molecule has 5 nitrogen and oxygen atoms in total. The maximum Gasteiger partial charge on any atom is 0.248 e. The molecule has 0 aromatic heterocycles. The molecule has 1 atom stereocenters. The van der Waals surface area contributed by atoms with Crippen LogP contribution < -0.4 is 0 Å². The van der Waals surface area contributed by atoms with Crippen molar-refractivity contribution in [1.29, 1.82) is 0 Å². The summed E-state index contributed by atoms with van der Waals surface area (Å²) in [5.41, 5.74) is 0. The number of carbonyl (C=O) groups excluding carboxylic acids is 1. The Morgan fingerprint density at radius 3 is 2.92 bits per heavy atom. The molecule has 5 heteroatoms. The van der Waals surface area contributed by atoms with Crippen molar-refractivity contribution in [3.8, 4) is 0 Å². The molecule has 0 aromatic carbocycles. The summed E-state index contributed by atoms with van der Waals surface area (Å²) in [6.07, 6.45) is -0.297. The number of nitrogens with zero attached hydrogens (tertiary/aromatic N) is 1. The first-order valence-corrected chi connectivity index (χ1v) is 3.89. The molecule has 0 spiro atoms. The summed E-state index contributed by atoms with van der Waals surface area (Å²) in [5.74, 6) is -0.131. The third kappa shape index (κ3) is 2.17. The molecule has 0 radical (unpaired) electrons. The number of hydrogen-bond acceptors (Lipinski definition) is 4. The lowest BCUT2D eigenvalue weighted by Gasteiger charge is -2.31. The minimum Gasteiger partial charge on any atom is -0.395 e. The Balaban J connectivity index is 2.41. The summed E-state index contributed by atoms with van der Waals surface area (Å²) in [5, 5.41) is 17.3. The van der Waals surface area contributed by atoms with Gasteiger partial charge in [0, 0.05) is 13.1 Å². The van der Waals surface area contributed by atoms with Gasteiger partial charge in [0.15, 0.2) is 0 Å². The monoisotopic (exact) mass is 175 g/mol. The number of β-amino-alcohol motifs (C(OH)–C–C–N with tert-alkyl or cyclic N) is 1. The molecule has 0 aromatic rings. The maximum absolute atomic E-state index is 11.1. The van der Waals surface area contributed by atoms with Crippen LogP contribution in [-0.2, 0) is 9.53 Å². The molecule has 1 aliphatic rings. The predicted molar refractivity (Wildman–Crippen MR) is 40.5 cm³/mol. The lowest BCUT2D eigenvalue weighted by molar-refractivity contribution is -0.151. The summed E-state index contributed by atoms with van der Waals surface area (Å²) in [7, 11) is 0. The van der Waals surface area contributed by atoms with Crippen molar-refractivity contribution in [1.82, 2.24) is 4.90 Å². The van der Waals surface area contributed by atoms with Crippen LogP contribution in [-0.4, -0.2) is 60.0 Å². The van der Waals surface area contributed by atoms with Gasteiger partial charge in [-0.05, 0) is 0 Å². The molecule has 1 aliphatic heterocycles. The van der Waals surface area contributed by atoms with Gasteiger partial charge in [-0.1, -0.05) is 0 Å². The van der Waals surface area contributed by atoms with Crippen LogP contribution in [0.4, 0.5) is 0 Å². The van der Waals surface area contributed by atoms with E-state index in [4.69, 9.17) is 14.9 Å². The van der Waals surface area contributed by atoms with Gasteiger partial charge < -0.3 is 19.8 Å². The van der Waals surface area contributed by atoms with Crippen molar-refractivity contribution in [2.75, 3.05) is 32.9 Å². The Labute approximate surface area is 70.5 Å². The van der Waals surface area contributed by atoms with Crippen LogP contribution in [0.1, 0.15) is 0 Å². The third-order valence-electron chi connectivity index (χ3n) is 1.79. The second-order valence-electron chi connectivity index (χ2n) is 2.68. The Bertz CT molecular complexity index is 161. The fourth-order valence-corrected chi connectivity index (χ4v) is 1.13. The molecule has 1 rings (SSSR count). The lowest BCUT2D eigenvalue weighted by Crippen LogP contribution is -2.48. The molecule has 0 saturated carbocycles. The van der Waals surface area contributed by atoms with E-state index in [1.165, 1.54) is 4.90 Å². The minimum atomic E-state index is -0.297. The second-order valence-corrected chi connectivity index (χ2v) is 2.68. The van der Waals surface area contributed by atoms with Gasteiger partial charge in [-0.15, -0.1) is 0 Å². The van der Waals surface area contributed by atoms with E-state index in [-0.39, 0.29) is 31.8 Å². The normalized spacial score (nSPS) is 24.7. The summed E-state index contributed by atoms with van der Waals surface area (Å²) in [6.45, 7) is 0.554. The van der Waals surface area contributed by atoms with Crippen LogP contribution in [0.5, 0.6) is 0 Å². The standard InChI is InChI=1S/C7H13NO4/c9-2-1-8-3-6(4-10)12-5-7(8)11/h6,9-10H,1-5H2. The summed E-state index contributed by atoms with van der Waals surface area (Å²) < 4.78 is 4.99. The number of amides is 1. The highest BCUT2D eigenvalue weighted by atomic mass is 16.5. The smallest absolute Gasteiger partial charge is 0.248 e. The van der Waals surface area contributed by atoms with Crippen molar-refractivity contribution in [3.05, 3.63) is 0 Å². The number of carbonyl (C=O) groups is 1. The Kier molecular flexibility index (Phi) is 3.46. The molecule has 1 fully saturated rings. The van der Waals surface area contributed by atoms with Gasteiger partial charge in [-0.3, -0.25) is 4.79 Å². The lowest BCUT2D eigenvalue weighted by atomic mass is 10.3. The molecule has 1 heterocycles. The first-order valence-electron chi connectivity index (χ1n) is 3.89. The quantitative estimate of drug-likeness (QED) is 0.531. The highest BCUT2D eigenvalue weighted by Crippen LogP contribution is 2.04. The van der Waals surface area contributed by atoms with Crippen LogP contribution in [0.15, 0.2) is 0 Å². The molecule has 1 unspecified atom stereocenters. The Morgan fingerprint density at radius 2 is 2.33 bits per heavy atom. The summed E-state index contributed by atoms with van der Waals surface area (Å²) in [4.78, 5) is 12.5. The minimum absolute atomic E-state index is 0.00519. The van der Waals surface area contributed by atoms with Crippen molar-refractivity contribution in [2.45, 2.75) is 6.10 Å². The molecule has 0 bridgehead atoms. The summed E-state index contributed by atoms with van der Waals surface area (Å²) in [6, 6.07) is 0. The fourth-order valence-electron chi connectivity index (χ4n) is 1.13. The number of hydrogen-bond donors (Lipinski definition) is 2. The summed E-state index contributed by atoms with van der Waals surface area (Å²) >= 11 is 0. The van der Waals surface area contributed by atoms with Crippen LogP contribution in [0.25, 0.3) is 0 Å². The van der Waals surface area contributed by atoms with Crippen LogP contribution in [0, 0.1) is 0 Å². The number of aliphatic hydroxyl groups excluding tert-OH is 2. The molecule has 1 amide bonds. The van der Waals surface area contributed by atoms with Gasteiger partial charge in [-0.2, -0.15) is 0 Å². The SMILES string of the molecule is O=C1COC(CO)CN1CCO. The first kappa shape index (κ1) is 9.44. The zero-order valence-corrected chi connectivity index (χ0v) is 6.77. The first-order chi connectivity index (χ1) is 5.77. The molecular weight excluding hydrogens is 162 g/mol. The van der Waals surface area contributed by atoms with Gasteiger partial charge in [0.05, 0.1) is 19.3 Å². The van der Waals surface area contributed by atoms with E-state index in [1.807, 2.05) is 0 Å². The van der Waals surface area contributed by atoms with Crippen molar-refractivity contribution in [3.63, 3.8) is 0 Å². The van der Waals surface area contributed by atoms with Gasteiger partial charge in [0.25, 0.3) is 0 Å². The van der Waals surface area contributed by atoms with Gasteiger partial charge >= 0.3 is 0 Å². The van der Waals surface area contributed by atoms with Gasteiger partial charge in [0.2, 0.25) is 5.91 Å². The van der Waals surface area contributed by atoms with E-state index in [0.29, 0.717) is 13.1 Å². The molecule has 2 N–H and O–H groups in total. The van der Waals surface area contributed by atoms with Gasteiger partial charge in [-0.25, -0.2) is 0 Å². The van der Waals surface area contributed by atoms with Crippen molar-refractivity contribution < 1.29 is 19.7 Å². The van der Waals surface area contributed by atoms with E-state index >= 15 is 0 Å². The second kappa shape index (κ2) is 4.39. The molecular formula is C7H13NO4. The topological polar surface area (TPSA) is 70.0 Å². The van der Waals surface area contributed by atoms with E-state index in [1.54, 1.807) is 0 Å². The maximum atomic E-state index is 11.1. The highest BCUT2D eigenvalue weighted by Gasteiger charge is 2.24. The average Bonchev–Trinajstić information content (AvgIpc) is 2.09. The zero-order chi connectivity index (χ0) is 8.97. The molecule has 12 heavy (non-hydrogen) atoms. The predicted octanol–water partition coefficient (Wildman–Crippen LogP) is -1.80. The van der Waals surface area contributed by atoms with Crippen LogP contribution in [0.3, 0.4) is 0 Å². The third-order valence-corrected chi connectivity index (χ3v) is 1.79. The number of rotatable bonds is 3. The largest absolute Gasteiger partial charge is 0.395 e. The van der Waals surface area contributed by atoms with E-state index < -0.39 is 0 Å². The van der Waals surface area contributed by atoms with Gasteiger partial charge in [0.1, 0.15) is 6.61 Å². The number of morpholine rings is 1. The number of ether oxygens (including phenoxy) is 1. The highest BCUT2D eigenvalue weighted by molar-refractivity contribution is 5.78. The van der Waals surface area contributed by atoms with E-state index in [2.05, 4.69) is 0 Å². The zero-order valence-electron chi connectivity index (χ0n) is 6.77. The van der Waals surface area contributed by atoms with Crippen molar-refractivity contribution in [2.24, 2.45) is 0 Å². The van der Waals surface area contributed by atoms with Crippen LogP contribution in [0.2, 0.25) is 0 Å². The molecule has 70 valence electrons. The Hall–Kier alpha value is -0.650. The number of aliphatic hydroxyl groups is 2. The van der Waals surface area contributed by atoms with E-state index in [9.17, 15) is 4.79 Å². The Morgan fingerprint density at radius 1 is 1.58 bits per heavy atom. The fraction of sp³-hybridized carbons (Fsp3) is 0.857. The molecule has 0 aliphatic carbocycles. The van der Waals surface area contributed by atoms with Crippen LogP contribution >= 0.6 is 0 Å². The van der Waals surface area contributed by atoms with E-state index in [0.717, 1.165) is 0 Å².